The molecule has 1 atom stereocenters. The van der Waals surface area contributed by atoms with Crippen molar-refractivity contribution in [3.8, 4) is 11.5 Å². The Morgan fingerprint density at radius 1 is 1.03 bits per heavy atom. The Morgan fingerprint density at radius 3 is 2.71 bits per heavy atom. The zero-order valence-corrected chi connectivity index (χ0v) is 18.0. The smallest absolute Gasteiger partial charge is 0.231 e. The van der Waals surface area contributed by atoms with Crippen LogP contribution in [0.4, 0.5) is 5.69 Å². The predicted octanol–water partition coefficient (Wildman–Crippen LogP) is 5.63. The molecule has 0 saturated carbocycles. The molecule has 1 unspecified atom stereocenters. The van der Waals surface area contributed by atoms with Gasteiger partial charge in [0.1, 0.15) is 0 Å². The summed E-state index contributed by atoms with van der Waals surface area (Å²) < 4.78 is 10.7. The number of hydrogen-bond donors (Lipinski definition) is 1. The molecule has 0 fully saturated rings. The van der Waals surface area contributed by atoms with Crippen molar-refractivity contribution in [1.29, 1.82) is 0 Å². The molecule has 3 aromatic rings. The first kappa shape index (κ1) is 19.7. The average molecular weight is 448 g/mol. The number of benzene rings is 3. The molecular formula is C24H18ClN3O2S. The molecule has 7 heteroatoms. The largest absolute Gasteiger partial charge is 0.454 e. The minimum atomic E-state index is 0.0439. The van der Waals surface area contributed by atoms with Crippen molar-refractivity contribution in [3.63, 3.8) is 0 Å². The van der Waals surface area contributed by atoms with Crippen LogP contribution in [0.1, 0.15) is 29.2 Å². The fourth-order valence-electron chi connectivity index (χ4n) is 3.58. The summed E-state index contributed by atoms with van der Waals surface area (Å²) in [7, 11) is 0. The lowest BCUT2D eigenvalue weighted by atomic mass is 9.96. The molecular weight excluding hydrogens is 430 g/mol. The monoisotopic (exact) mass is 447 g/mol. The molecule has 2 heterocycles. The Balaban J connectivity index is 1.31. The Labute approximate surface area is 190 Å². The second-order valence-electron chi connectivity index (χ2n) is 7.24. The van der Waals surface area contributed by atoms with E-state index in [9.17, 15) is 0 Å². The van der Waals surface area contributed by atoms with E-state index in [2.05, 4.69) is 15.3 Å². The summed E-state index contributed by atoms with van der Waals surface area (Å²) >= 11 is 11.5. The summed E-state index contributed by atoms with van der Waals surface area (Å²) in [6, 6.07) is 21.6. The number of hydrogen-bond acceptors (Lipinski definition) is 4. The van der Waals surface area contributed by atoms with E-state index in [1.54, 1.807) is 0 Å². The Morgan fingerprint density at radius 2 is 1.87 bits per heavy atom. The fourth-order valence-corrected chi connectivity index (χ4v) is 4.03. The molecule has 3 aromatic carbocycles. The van der Waals surface area contributed by atoms with Gasteiger partial charge in [0.15, 0.2) is 16.6 Å². The number of nitrogens with one attached hydrogen (secondary N) is 1. The van der Waals surface area contributed by atoms with Crippen LogP contribution in [0.3, 0.4) is 0 Å². The maximum Gasteiger partial charge on any atom is 0.231 e. The topological polar surface area (TPSA) is 55.2 Å². The van der Waals surface area contributed by atoms with Crippen molar-refractivity contribution in [1.82, 2.24) is 5.32 Å². The van der Waals surface area contributed by atoms with Crippen molar-refractivity contribution in [2.45, 2.75) is 12.5 Å². The molecule has 0 aromatic heterocycles. The number of fused-ring (bicyclic) bond motifs is 1. The zero-order valence-electron chi connectivity index (χ0n) is 16.4. The number of halogens is 1. The fraction of sp³-hybridized carbons (Fsp3) is 0.125. The van der Waals surface area contributed by atoms with Crippen LogP contribution >= 0.6 is 23.8 Å². The summed E-state index contributed by atoms with van der Waals surface area (Å²) in [6.45, 7) is 0.262. The van der Waals surface area contributed by atoms with E-state index in [1.807, 2.05) is 72.9 Å². The molecule has 5 rings (SSSR count). The molecule has 0 spiro atoms. The van der Waals surface area contributed by atoms with Crippen molar-refractivity contribution >= 4 is 46.5 Å². The SMILES string of the molecule is S=C1N=C(c2ccc(N=Cc3ccc4c(c3)OCO4)cc2)CC(c2cccc(Cl)c2)N1. The molecule has 2 aliphatic rings. The maximum atomic E-state index is 6.16. The van der Waals surface area contributed by atoms with Crippen LogP contribution in [-0.4, -0.2) is 23.8 Å². The highest BCUT2D eigenvalue weighted by Crippen LogP contribution is 2.32. The summed E-state index contributed by atoms with van der Waals surface area (Å²) in [5, 5.41) is 4.46. The number of nitrogens with zero attached hydrogens (tertiary/aromatic N) is 2. The van der Waals surface area contributed by atoms with Gasteiger partial charge in [-0.25, -0.2) is 4.99 Å². The van der Waals surface area contributed by atoms with E-state index in [1.165, 1.54) is 0 Å². The number of rotatable bonds is 4. The Bertz CT molecular complexity index is 1210. The first-order valence-electron chi connectivity index (χ1n) is 9.82. The van der Waals surface area contributed by atoms with Crippen LogP contribution < -0.4 is 14.8 Å². The molecule has 0 amide bonds. The molecule has 2 aliphatic heterocycles. The van der Waals surface area contributed by atoms with Crippen LogP contribution in [0.2, 0.25) is 5.02 Å². The van der Waals surface area contributed by atoms with Gasteiger partial charge in [-0.3, -0.25) is 4.99 Å². The zero-order chi connectivity index (χ0) is 21.2. The van der Waals surface area contributed by atoms with Gasteiger partial charge in [0.25, 0.3) is 0 Å². The van der Waals surface area contributed by atoms with Crippen LogP contribution in [0.15, 0.2) is 76.7 Å². The third kappa shape index (κ3) is 4.45. The van der Waals surface area contributed by atoms with E-state index in [4.69, 9.17) is 33.3 Å². The molecule has 1 N–H and O–H groups in total. The molecule has 0 radical (unpaired) electrons. The van der Waals surface area contributed by atoms with Crippen LogP contribution in [0.5, 0.6) is 11.5 Å². The van der Waals surface area contributed by atoms with E-state index in [-0.39, 0.29) is 12.8 Å². The van der Waals surface area contributed by atoms with E-state index >= 15 is 0 Å². The minimum absolute atomic E-state index is 0.0439. The third-order valence-corrected chi connectivity index (χ3v) is 5.59. The van der Waals surface area contributed by atoms with Gasteiger partial charge >= 0.3 is 0 Å². The summed E-state index contributed by atoms with van der Waals surface area (Å²) in [4.78, 5) is 9.11. The molecule has 154 valence electrons. The highest BCUT2D eigenvalue weighted by Gasteiger charge is 2.22. The lowest BCUT2D eigenvalue weighted by Crippen LogP contribution is -2.33. The van der Waals surface area contributed by atoms with Crippen molar-refractivity contribution in [2.24, 2.45) is 9.98 Å². The first-order chi connectivity index (χ1) is 15.1. The molecule has 31 heavy (non-hydrogen) atoms. The van der Waals surface area contributed by atoms with Crippen molar-refractivity contribution < 1.29 is 9.47 Å². The number of thiocarbonyl (C=S) groups is 1. The van der Waals surface area contributed by atoms with Gasteiger partial charge in [0.05, 0.1) is 17.4 Å². The van der Waals surface area contributed by atoms with Gasteiger partial charge in [-0.2, -0.15) is 0 Å². The second-order valence-corrected chi connectivity index (χ2v) is 8.06. The van der Waals surface area contributed by atoms with Crippen molar-refractivity contribution in [2.75, 3.05) is 6.79 Å². The molecule has 0 aliphatic carbocycles. The van der Waals surface area contributed by atoms with Gasteiger partial charge in [-0.1, -0.05) is 35.9 Å². The quantitative estimate of drug-likeness (QED) is 0.416. The van der Waals surface area contributed by atoms with Crippen LogP contribution in [0.25, 0.3) is 0 Å². The minimum Gasteiger partial charge on any atom is -0.454 e. The van der Waals surface area contributed by atoms with Crippen LogP contribution in [-0.2, 0) is 0 Å². The third-order valence-electron chi connectivity index (χ3n) is 5.14. The number of ether oxygens (including phenoxy) is 2. The summed E-state index contributed by atoms with van der Waals surface area (Å²) in [5.74, 6) is 1.51. The Hall–Kier alpha value is -3.22. The van der Waals surface area contributed by atoms with Gasteiger partial charge in [0.2, 0.25) is 6.79 Å². The van der Waals surface area contributed by atoms with Gasteiger partial charge in [-0.05, 0) is 71.4 Å². The highest BCUT2D eigenvalue weighted by molar-refractivity contribution is 7.80. The lowest BCUT2D eigenvalue weighted by molar-refractivity contribution is 0.174. The first-order valence-corrected chi connectivity index (χ1v) is 10.6. The predicted molar refractivity (Wildman–Crippen MR) is 127 cm³/mol. The summed E-state index contributed by atoms with van der Waals surface area (Å²) in [5.41, 5.74) is 4.86. The van der Waals surface area contributed by atoms with E-state index in [0.717, 1.165) is 46.0 Å². The van der Waals surface area contributed by atoms with Gasteiger partial charge in [-0.15, -0.1) is 0 Å². The molecule has 0 saturated heterocycles. The molecule has 5 nitrogen and oxygen atoms in total. The summed E-state index contributed by atoms with van der Waals surface area (Å²) in [6.07, 6.45) is 2.53. The normalized spacial score (nSPS) is 17.5. The lowest BCUT2D eigenvalue weighted by Gasteiger charge is -2.25. The van der Waals surface area contributed by atoms with Crippen molar-refractivity contribution in [3.05, 3.63) is 88.4 Å². The Kier molecular flexibility index (Phi) is 5.40. The second kappa shape index (κ2) is 8.49. The van der Waals surface area contributed by atoms with E-state index < -0.39 is 0 Å². The maximum absolute atomic E-state index is 6.16. The average Bonchev–Trinajstić information content (AvgIpc) is 3.26. The van der Waals surface area contributed by atoms with E-state index in [0.29, 0.717) is 10.1 Å². The highest BCUT2D eigenvalue weighted by atomic mass is 35.5. The standard InChI is InChI=1S/C24H18ClN3O2S/c25-18-3-1-2-17(11-18)21-12-20(27-24(31)28-21)16-5-7-19(8-6-16)26-13-15-4-9-22-23(10-15)30-14-29-22/h1-11,13,21H,12,14H2,(H,28,31). The molecule has 0 bridgehead atoms. The van der Waals surface area contributed by atoms with Gasteiger partial charge in [0, 0.05) is 17.7 Å². The number of aliphatic imine (C=N–C) groups is 2. The van der Waals surface area contributed by atoms with Crippen LogP contribution in [0, 0.1) is 0 Å². The van der Waals surface area contributed by atoms with Gasteiger partial charge < -0.3 is 14.8 Å².